The Hall–Kier alpha value is -1.10. The number of halogens is 1. The Morgan fingerprint density at radius 3 is 2.89 bits per heavy atom. The molecule has 1 saturated heterocycles. The molecule has 1 aromatic rings. The minimum Gasteiger partial charge on any atom is -0.380 e. The number of benzene rings is 1. The summed E-state index contributed by atoms with van der Waals surface area (Å²) in [5.74, 6) is -0.412. The molecule has 0 saturated carbocycles. The molecule has 1 amide bonds. The Kier molecular flexibility index (Phi) is 3.90. The van der Waals surface area contributed by atoms with E-state index in [0.717, 1.165) is 0 Å². The van der Waals surface area contributed by atoms with Crippen LogP contribution in [0.2, 0.25) is 5.02 Å². The summed E-state index contributed by atoms with van der Waals surface area (Å²) in [5.41, 5.74) is 0.485. The van der Waals surface area contributed by atoms with Gasteiger partial charge >= 0.3 is 0 Å². The molecule has 5 heteroatoms. The van der Waals surface area contributed by atoms with E-state index in [1.807, 2.05) is 6.92 Å². The van der Waals surface area contributed by atoms with Gasteiger partial charge in [-0.05, 0) is 17.7 Å². The number of ether oxygens (including phenoxy) is 1. The molecule has 1 aromatic carbocycles. The van der Waals surface area contributed by atoms with E-state index in [9.17, 15) is 9.90 Å². The highest BCUT2D eigenvalue weighted by Crippen LogP contribution is 2.25. The zero-order valence-corrected chi connectivity index (χ0v) is 10.9. The second kappa shape index (κ2) is 5.26. The first-order valence-electron chi connectivity index (χ1n) is 5.79. The first kappa shape index (κ1) is 13.3. The number of aliphatic hydroxyl groups is 1. The van der Waals surface area contributed by atoms with Crippen molar-refractivity contribution >= 4 is 17.5 Å². The highest BCUT2D eigenvalue weighted by atomic mass is 35.5. The van der Waals surface area contributed by atoms with Crippen molar-refractivity contribution in [3.05, 3.63) is 34.9 Å². The SMILES string of the molecule is CC1(CNC(=O)[C@@H](O)c2cccc(Cl)c2)COC1. The molecule has 98 valence electrons. The fourth-order valence-corrected chi connectivity index (χ4v) is 1.98. The van der Waals surface area contributed by atoms with Gasteiger partial charge in [0.05, 0.1) is 13.2 Å². The van der Waals surface area contributed by atoms with Crippen LogP contribution in [0.25, 0.3) is 0 Å². The summed E-state index contributed by atoms with van der Waals surface area (Å²) in [7, 11) is 0. The maximum absolute atomic E-state index is 11.8. The van der Waals surface area contributed by atoms with Gasteiger partial charge in [0.2, 0.25) is 0 Å². The Morgan fingerprint density at radius 2 is 2.33 bits per heavy atom. The van der Waals surface area contributed by atoms with Crippen molar-refractivity contribution in [1.82, 2.24) is 5.32 Å². The van der Waals surface area contributed by atoms with Crippen LogP contribution in [-0.4, -0.2) is 30.8 Å². The summed E-state index contributed by atoms with van der Waals surface area (Å²) in [6.45, 7) is 3.81. The van der Waals surface area contributed by atoms with Crippen LogP contribution in [0.1, 0.15) is 18.6 Å². The van der Waals surface area contributed by atoms with Crippen molar-refractivity contribution in [3.63, 3.8) is 0 Å². The lowest BCUT2D eigenvalue weighted by atomic mass is 9.88. The first-order valence-corrected chi connectivity index (χ1v) is 6.17. The van der Waals surface area contributed by atoms with Gasteiger partial charge in [-0.3, -0.25) is 4.79 Å². The van der Waals surface area contributed by atoms with E-state index in [1.165, 1.54) is 0 Å². The molecule has 1 heterocycles. The molecule has 2 N–H and O–H groups in total. The molecule has 0 aliphatic carbocycles. The van der Waals surface area contributed by atoms with Crippen molar-refractivity contribution in [1.29, 1.82) is 0 Å². The van der Waals surface area contributed by atoms with Crippen molar-refractivity contribution in [2.45, 2.75) is 13.0 Å². The number of hydrogen-bond donors (Lipinski definition) is 2. The van der Waals surface area contributed by atoms with Crippen molar-refractivity contribution in [2.75, 3.05) is 19.8 Å². The van der Waals surface area contributed by atoms with Crippen LogP contribution < -0.4 is 5.32 Å². The minimum atomic E-state index is -1.19. The summed E-state index contributed by atoms with van der Waals surface area (Å²) in [6, 6.07) is 6.65. The fraction of sp³-hybridized carbons (Fsp3) is 0.462. The molecular formula is C13H16ClNO3. The van der Waals surface area contributed by atoms with Gasteiger partial charge in [0.1, 0.15) is 0 Å². The van der Waals surface area contributed by atoms with E-state index < -0.39 is 12.0 Å². The molecule has 4 nitrogen and oxygen atoms in total. The minimum absolute atomic E-state index is 0.0102. The van der Waals surface area contributed by atoms with Crippen LogP contribution in [0.3, 0.4) is 0 Å². The summed E-state index contributed by atoms with van der Waals surface area (Å²) < 4.78 is 5.10. The topological polar surface area (TPSA) is 58.6 Å². The number of amides is 1. The lowest BCUT2D eigenvalue weighted by molar-refractivity contribution is -0.134. The maximum atomic E-state index is 11.8. The van der Waals surface area contributed by atoms with Gasteiger partial charge in [0.15, 0.2) is 6.10 Å². The van der Waals surface area contributed by atoms with E-state index in [4.69, 9.17) is 16.3 Å². The number of carbonyl (C=O) groups excluding carboxylic acids is 1. The fourth-order valence-electron chi connectivity index (χ4n) is 1.78. The largest absolute Gasteiger partial charge is 0.380 e. The van der Waals surface area contributed by atoms with Crippen LogP contribution in [0.15, 0.2) is 24.3 Å². The highest BCUT2D eigenvalue weighted by Gasteiger charge is 2.34. The van der Waals surface area contributed by atoms with Crippen LogP contribution >= 0.6 is 11.6 Å². The van der Waals surface area contributed by atoms with Crippen molar-refractivity contribution < 1.29 is 14.6 Å². The predicted octanol–water partition coefficient (Wildman–Crippen LogP) is 1.53. The Labute approximate surface area is 111 Å². The monoisotopic (exact) mass is 269 g/mol. The van der Waals surface area contributed by atoms with Gasteiger partial charge in [0, 0.05) is 17.0 Å². The third kappa shape index (κ3) is 3.02. The molecule has 2 rings (SSSR count). The highest BCUT2D eigenvalue weighted by molar-refractivity contribution is 6.30. The van der Waals surface area contributed by atoms with Gasteiger partial charge in [0.25, 0.3) is 5.91 Å². The zero-order valence-electron chi connectivity index (χ0n) is 10.1. The summed E-state index contributed by atoms with van der Waals surface area (Å²) in [4.78, 5) is 11.8. The van der Waals surface area contributed by atoms with Gasteiger partial charge < -0.3 is 15.2 Å². The third-order valence-corrected chi connectivity index (χ3v) is 3.24. The number of carbonyl (C=O) groups is 1. The smallest absolute Gasteiger partial charge is 0.253 e. The van der Waals surface area contributed by atoms with Gasteiger partial charge in [-0.2, -0.15) is 0 Å². The normalized spacial score (nSPS) is 18.8. The maximum Gasteiger partial charge on any atom is 0.253 e. The van der Waals surface area contributed by atoms with E-state index in [2.05, 4.69) is 5.32 Å². The molecule has 1 aliphatic rings. The number of aliphatic hydroxyl groups excluding tert-OH is 1. The molecular weight excluding hydrogens is 254 g/mol. The molecule has 0 bridgehead atoms. The van der Waals surface area contributed by atoms with Crippen molar-refractivity contribution in [2.24, 2.45) is 5.41 Å². The average molecular weight is 270 g/mol. The molecule has 18 heavy (non-hydrogen) atoms. The second-order valence-corrected chi connectivity index (χ2v) is 5.42. The first-order chi connectivity index (χ1) is 8.50. The van der Waals surface area contributed by atoms with Gasteiger partial charge in [-0.1, -0.05) is 30.7 Å². The molecule has 0 aromatic heterocycles. The summed E-state index contributed by atoms with van der Waals surface area (Å²) >= 11 is 5.82. The lowest BCUT2D eigenvalue weighted by Crippen LogP contribution is -2.49. The predicted molar refractivity (Wildman–Crippen MR) is 68.3 cm³/mol. The lowest BCUT2D eigenvalue weighted by Gasteiger charge is -2.38. The van der Waals surface area contributed by atoms with Crippen LogP contribution in [0.5, 0.6) is 0 Å². The Morgan fingerprint density at radius 1 is 1.61 bits per heavy atom. The molecule has 0 spiro atoms. The number of hydrogen-bond acceptors (Lipinski definition) is 3. The van der Waals surface area contributed by atoms with Gasteiger partial charge in [-0.25, -0.2) is 0 Å². The van der Waals surface area contributed by atoms with E-state index in [-0.39, 0.29) is 5.41 Å². The Balaban J connectivity index is 1.92. The third-order valence-electron chi connectivity index (χ3n) is 3.00. The van der Waals surface area contributed by atoms with Crippen LogP contribution in [-0.2, 0) is 9.53 Å². The molecule has 0 unspecified atom stereocenters. The second-order valence-electron chi connectivity index (χ2n) is 4.98. The van der Waals surface area contributed by atoms with E-state index in [0.29, 0.717) is 30.3 Å². The van der Waals surface area contributed by atoms with Crippen LogP contribution in [0, 0.1) is 5.41 Å². The molecule has 1 fully saturated rings. The van der Waals surface area contributed by atoms with E-state index in [1.54, 1.807) is 24.3 Å². The van der Waals surface area contributed by atoms with Gasteiger partial charge in [-0.15, -0.1) is 0 Å². The standard InChI is InChI=1S/C13H16ClNO3/c1-13(7-18-8-13)6-15-12(17)11(16)9-3-2-4-10(14)5-9/h2-5,11,16H,6-8H2,1H3,(H,15,17)/t11-/m0/s1. The molecule has 1 atom stereocenters. The summed E-state index contributed by atoms with van der Waals surface area (Å²) in [5, 5.41) is 13.1. The molecule has 1 aliphatic heterocycles. The van der Waals surface area contributed by atoms with Crippen molar-refractivity contribution in [3.8, 4) is 0 Å². The average Bonchev–Trinajstić information content (AvgIpc) is 2.32. The quantitative estimate of drug-likeness (QED) is 0.871. The Bertz CT molecular complexity index is 446. The molecule has 0 radical (unpaired) electrons. The summed E-state index contributed by atoms with van der Waals surface area (Å²) in [6.07, 6.45) is -1.19. The van der Waals surface area contributed by atoms with Crippen LogP contribution in [0.4, 0.5) is 0 Å². The number of rotatable bonds is 4. The zero-order chi connectivity index (χ0) is 13.2. The number of nitrogens with one attached hydrogen (secondary N) is 1. The van der Waals surface area contributed by atoms with E-state index >= 15 is 0 Å².